The lowest BCUT2D eigenvalue weighted by atomic mass is 10.1. The second-order valence-corrected chi connectivity index (χ2v) is 11.3. The Labute approximate surface area is 231 Å². The summed E-state index contributed by atoms with van der Waals surface area (Å²) in [6.45, 7) is 9.84. The van der Waals surface area contributed by atoms with Gasteiger partial charge in [0.15, 0.2) is 0 Å². The number of hydrogen-bond donors (Lipinski definition) is 1. The molecule has 0 saturated carbocycles. The molecule has 0 aliphatic carbocycles. The number of hydrogen-bond acceptors (Lipinski definition) is 9. The number of nitrogens with zero attached hydrogens (tertiary/aromatic N) is 6. The van der Waals surface area contributed by atoms with Crippen LogP contribution in [0.1, 0.15) is 47.4 Å². The minimum Gasteiger partial charge on any atom is -0.444 e. The number of ether oxygens (including phenoxy) is 1. The van der Waals surface area contributed by atoms with Crippen LogP contribution in [0.5, 0.6) is 0 Å². The Bertz CT molecular complexity index is 1490. The van der Waals surface area contributed by atoms with Crippen molar-refractivity contribution in [2.24, 2.45) is 0 Å². The van der Waals surface area contributed by atoms with Gasteiger partial charge in [-0.3, -0.25) is 9.78 Å². The summed E-state index contributed by atoms with van der Waals surface area (Å²) in [4.78, 5) is 44.0. The van der Waals surface area contributed by atoms with E-state index in [-0.39, 0.29) is 12.0 Å². The second kappa shape index (κ2) is 10.9. The van der Waals surface area contributed by atoms with Crippen LogP contribution >= 0.6 is 11.5 Å². The first-order valence-corrected chi connectivity index (χ1v) is 13.6. The maximum atomic E-state index is 13.2. The molecule has 39 heavy (non-hydrogen) atoms. The minimum atomic E-state index is -0.515. The van der Waals surface area contributed by atoms with Crippen molar-refractivity contribution in [3.8, 4) is 0 Å². The number of nitrogens with one attached hydrogen (secondary N) is 1. The third kappa shape index (κ3) is 6.31. The van der Waals surface area contributed by atoms with Crippen LogP contribution in [0.3, 0.4) is 0 Å². The summed E-state index contributed by atoms with van der Waals surface area (Å²) in [6.07, 6.45) is 3.57. The zero-order chi connectivity index (χ0) is 27.6. The summed E-state index contributed by atoms with van der Waals surface area (Å²) in [6, 6.07) is 11.4. The fraction of sp³-hybridized carbons (Fsp3) is 0.357. The predicted octanol–water partition coefficient (Wildman–Crippen LogP) is 4.69. The molecular weight excluding hydrogens is 514 g/mol. The van der Waals surface area contributed by atoms with Gasteiger partial charge in [0.1, 0.15) is 11.4 Å². The molecule has 0 bridgehead atoms. The van der Waals surface area contributed by atoms with Gasteiger partial charge in [-0.05, 0) is 63.5 Å². The first-order chi connectivity index (χ1) is 18.7. The highest BCUT2D eigenvalue weighted by atomic mass is 32.1. The molecule has 202 valence electrons. The molecule has 0 unspecified atom stereocenters. The van der Waals surface area contributed by atoms with E-state index in [1.807, 2.05) is 64.1 Å². The Kier molecular flexibility index (Phi) is 7.42. The van der Waals surface area contributed by atoms with E-state index in [4.69, 9.17) is 4.74 Å². The van der Waals surface area contributed by atoms with Crippen LogP contribution in [0.4, 0.5) is 16.3 Å². The summed E-state index contributed by atoms with van der Waals surface area (Å²) in [5.41, 5.74) is 3.74. The van der Waals surface area contributed by atoms with E-state index in [1.54, 1.807) is 17.3 Å². The number of aryl methyl sites for hydroxylation is 1. The van der Waals surface area contributed by atoms with E-state index in [0.717, 1.165) is 27.4 Å². The summed E-state index contributed by atoms with van der Waals surface area (Å²) < 4.78 is 9.90. The molecule has 5 rings (SSSR count). The molecule has 1 N–H and O–H groups in total. The van der Waals surface area contributed by atoms with Gasteiger partial charge in [0, 0.05) is 43.7 Å². The summed E-state index contributed by atoms with van der Waals surface area (Å²) in [5.74, 6) is 0.561. The number of carbonyl (C=O) groups excluding carboxylic acids is 2. The average Bonchev–Trinajstić information content (AvgIpc) is 3.28. The predicted molar refractivity (Wildman–Crippen MR) is 151 cm³/mol. The summed E-state index contributed by atoms with van der Waals surface area (Å²) in [5, 5.41) is 2.96. The van der Waals surface area contributed by atoms with Gasteiger partial charge >= 0.3 is 6.09 Å². The molecule has 2 amide bonds. The summed E-state index contributed by atoms with van der Waals surface area (Å²) in [7, 11) is 0. The lowest BCUT2D eigenvalue weighted by molar-refractivity contribution is 0.0240. The number of piperazine rings is 1. The Morgan fingerprint density at radius 2 is 1.74 bits per heavy atom. The number of carbonyl (C=O) groups is 2. The molecule has 3 aromatic heterocycles. The van der Waals surface area contributed by atoms with Crippen molar-refractivity contribution in [3.63, 3.8) is 0 Å². The topological polar surface area (TPSA) is 113 Å². The molecule has 0 radical (unpaired) electrons. The molecule has 1 aromatic carbocycles. The van der Waals surface area contributed by atoms with E-state index < -0.39 is 5.60 Å². The molecule has 0 atom stereocenters. The van der Waals surface area contributed by atoms with Crippen LogP contribution in [-0.4, -0.2) is 68.0 Å². The SMILES string of the molecule is Cc1nsc(Cc2cnc3ccccc3n2)c1C(=O)Nc1ccc(N2CCN(C(=O)OC(C)(C)C)CC2)nc1. The maximum Gasteiger partial charge on any atom is 0.410 e. The van der Waals surface area contributed by atoms with Gasteiger partial charge in [-0.2, -0.15) is 4.37 Å². The fourth-order valence-electron chi connectivity index (χ4n) is 4.36. The van der Waals surface area contributed by atoms with E-state index in [1.165, 1.54) is 11.5 Å². The molecule has 4 aromatic rings. The van der Waals surface area contributed by atoms with Crippen LogP contribution < -0.4 is 10.2 Å². The third-order valence-electron chi connectivity index (χ3n) is 6.26. The minimum absolute atomic E-state index is 0.231. The van der Waals surface area contributed by atoms with Crippen molar-refractivity contribution in [3.05, 3.63) is 70.6 Å². The van der Waals surface area contributed by atoms with E-state index in [2.05, 4.69) is 29.5 Å². The number of para-hydroxylation sites is 2. The van der Waals surface area contributed by atoms with Crippen molar-refractivity contribution in [2.75, 3.05) is 36.4 Å². The van der Waals surface area contributed by atoms with Crippen LogP contribution in [-0.2, 0) is 11.2 Å². The number of fused-ring (bicyclic) bond motifs is 1. The van der Waals surface area contributed by atoms with Gasteiger partial charge in [0.25, 0.3) is 5.91 Å². The van der Waals surface area contributed by atoms with Crippen LogP contribution in [0.25, 0.3) is 11.0 Å². The van der Waals surface area contributed by atoms with Crippen LogP contribution in [0.15, 0.2) is 48.8 Å². The molecule has 10 nitrogen and oxygen atoms in total. The molecular formula is C28H31N7O3S. The van der Waals surface area contributed by atoms with Crippen LogP contribution in [0.2, 0.25) is 0 Å². The van der Waals surface area contributed by atoms with Gasteiger partial charge < -0.3 is 19.9 Å². The standard InChI is InChI=1S/C28H31N7O3S/c1-18-25(23(39-33-18)15-20-17-29-21-7-5-6-8-22(21)31-20)26(36)32-19-9-10-24(30-16-19)34-11-13-35(14-12-34)27(37)38-28(2,3)4/h5-10,16-17H,11-15H2,1-4H3,(H,32,36). The monoisotopic (exact) mass is 545 g/mol. The van der Waals surface area contributed by atoms with E-state index >= 15 is 0 Å². The normalized spacial score (nSPS) is 13.9. The van der Waals surface area contributed by atoms with E-state index in [0.29, 0.717) is 49.5 Å². The average molecular weight is 546 g/mol. The van der Waals surface area contributed by atoms with Gasteiger partial charge in [-0.1, -0.05) is 12.1 Å². The highest BCUT2D eigenvalue weighted by Crippen LogP contribution is 2.24. The molecule has 0 spiro atoms. The fourth-order valence-corrected chi connectivity index (χ4v) is 5.24. The number of rotatable bonds is 5. The summed E-state index contributed by atoms with van der Waals surface area (Å²) >= 11 is 1.30. The van der Waals surface area contributed by atoms with Crippen molar-refractivity contribution in [1.82, 2.24) is 24.2 Å². The molecule has 1 fully saturated rings. The van der Waals surface area contributed by atoms with E-state index in [9.17, 15) is 9.59 Å². The molecule has 11 heteroatoms. The lowest BCUT2D eigenvalue weighted by Crippen LogP contribution is -2.50. The van der Waals surface area contributed by atoms with Crippen molar-refractivity contribution >= 4 is 46.1 Å². The van der Waals surface area contributed by atoms with Gasteiger partial charge in [0.05, 0.1) is 39.9 Å². The Hall–Kier alpha value is -4.12. The number of anilines is 2. The van der Waals surface area contributed by atoms with Gasteiger partial charge in [-0.15, -0.1) is 0 Å². The molecule has 1 aliphatic heterocycles. The first kappa shape index (κ1) is 26.5. The van der Waals surface area contributed by atoms with Crippen molar-refractivity contribution in [1.29, 1.82) is 0 Å². The number of benzene rings is 1. The number of aromatic nitrogens is 4. The Morgan fingerprint density at radius 1 is 1.00 bits per heavy atom. The number of amides is 2. The molecule has 1 saturated heterocycles. The second-order valence-electron chi connectivity index (χ2n) is 10.4. The third-order valence-corrected chi connectivity index (χ3v) is 7.20. The molecule has 1 aliphatic rings. The quantitative estimate of drug-likeness (QED) is 0.384. The number of pyridine rings is 1. The zero-order valence-corrected chi connectivity index (χ0v) is 23.3. The van der Waals surface area contributed by atoms with Crippen molar-refractivity contribution < 1.29 is 14.3 Å². The molecule has 4 heterocycles. The highest BCUT2D eigenvalue weighted by molar-refractivity contribution is 7.06. The first-order valence-electron chi connectivity index (χ1n) is 12.8. The highest BCUT2D eigenvalue weighted by Gasteiger charge is 2.26. The van der Waals surface area contributed by atoms with Crippen LogP contribution in [0, 0.1) is 6.92 Å². The maximum absolute atomic E-state index is 13.2. The van der Waals surface area contributed by atoms with Gasteiger partial charge in [-0.25, -0.2) is 14.8 Å². The van der Waals surface area contributed by atoms with Gasteiger partial charge in [0.2, 0.25) is 0 Å². The van der Waals surface area contributed by atoms with Crippen molar-refractivity contribution in [2.45, 2.75) is 39.7 Å². The largest absolute Gasteiger partial charge is 0.444 e. The Balaban J connectivity index is 1.21. The smallest absolute Gasteiger partial charge is 0.410 e. The Morgan fingerprint density at radius 3 is 2.44 bits per heavy atom. The zero-order valence-electron chi connectivity index (χ0n) is 22.5. The lowest BCUT2D eigenvalue weighted by Gasteiger charge is -2.36.